The van der Waals surface area contributed by atoms with Gasteiger partial charge in [0.15, 0.2) is 5.11 Å². The molecule has 4 nitrogen and oxygen atoms in total. The van der Waals surface area contributed by atoms with Crippen molar-refractivity contribution in [1.82, 2.24) is 5.32 Å². The standard InChI is InChI=1S/C16H10F3N3OS/c17-16(18,19)13-8-12(7-6-11(13)9-20)21-15(24)22-14(23)10-4-2-1-3-5-10/h1-8H,(H2,21,22,23,24). The Kier molecular flexibility index (Phi) is 5.16. The number of nitriles is 1. The molecule has 2 aromatic rings. The molecular formula is C16H10F3N3OS. The molecule has 0 aromatic heterocycles. The topological polar surface area (TPSA) is 64.9 Å². The van der Waals surface area contributed by atoms with Gasteiger partial charge in [-0.1, -0.05) is 18.2 Å². The molecule has 8 heteroatoms. The van der Waals surface area contributed by atoms with Gasteiger partial charge in [0.25, 0.3) is 5.91 Å². The number of rotatable bonds is 2. The summed E-state index contributed by atoms with van der Waals surface area (Å²) in [6, 6.07) is 12.8. The molecule has 1 amide bonds. The lowest BCUT2D eigenvalue weighted by Crippen LogP contribution is -2.34. The van der Waals surface area contributed by atoms with E-state index in [0.29, 0.717) is 5.56 Å². The molecule has 0 atom stereocenters. The highest BCUT2D eigenvalue weighted by Gasteiger charge is 2.33. The second-order valence-electron chi connectivity index (χ2n) is 4.64. The summed E-state index contributed by atoms with van der Waals surface area (Å²) in [5.41, 5.74) is -1.20. The van der Waals surface area contributed by atoms with Crippen molar-refractivity contribution in [3.63, 3.8) is 0 Å². The number of nitrogens with zero attached hydrogens (tertiary/aromatic N) is 1. The first-order chi connectivity index (χ1) is 11.3. The fourth-order valence-electron chi connectivity index (χ4n) is 1.88. The van der Waals surface area contributed by atoms with Crippen molar-refractivity contribution in [2.45, 2.75) is 6.18 Å². The number of benzene rings is 2. The van der Waals surface area contributed by atoms with Crippen LogP contribution in [0.1, 0.15) is 21.5 Å². The van der Waals surface area contributed by atoms with Crippen LogP contribution in [0.3, 0.4) is 0 Å². The number of alkyl halides is 3. The predicted molar refractivity (Wildman–Crippen MR) is 86.3 cm³/mol. The van der Waals surface area contributed by atoms with E-state index in [1.807, 2.05) is 0 Å². The van der Waals surface area contributed by atoms with Gasteiger partial charge in [-0.3, -0.25) is 10.1 Å². The Morgan fingerprint density at radius 3 is 2.38 bits per heavy atom. The van der Waals surface area contributed by atoms with Crippen LogP contribution >= 0.6 is 12.2 Å². The highest BCUT2D eigenvalue weighted by molar-refractivity contribution is 7.80. The normalized spacial score (nSPS) is 10.6. The first-order valence-electron chi connectivity index (χ1n) is 6.60. The second-order valence-corrected chi connectivity index (χ2v) is 5.05. The second kappa shape index (κ2) is 7.10. The molecule has 24 heavy (non-hydrogen) atoms. The van der Waals surface area contributed by atoms with Crippen LogP contribution in [0, 0.1) is 11.3 Å². The monoisotopic (exact) mass is 349 g/mol. The quantitative estimate of drug-likeness (QED) is 0.812. The van der Waals surface area contributed by atoms with Crippen molar-refractivity contribution < 1.29 is 18.0 Å². The van der Waals surface area contributed by atoms with Gasteiger partial charge in [0.2, 0.25) is 0 Å². The van der Waals surface area contributed by atoms with Crippen molar-refractivity contribution in [3.8, 4) is 6.07 Å². The zero-order valence-corrected chi connectivity index (χ0v) is 12.8. The Morgan fingerprint density at radius 1 is 1.12 bits per heavy atom. The molecule has 0 aliphatic heterocycles. The van der Waals surface area contributed by atoms with Crippen molar-refractivity contribution in [2.24, 2.45) is 0 Å². The van der Waals surface area contributed by atoms with Gasteiger partial charge in [-0.25, -0.2) is 0 Å². The van der Waals surface area contributed by atoms with E-state index in [9.17, 15) is 18.0 Å². The van der Waals surface area contributed by atoms with Crippen LogP contribution < -0.4 is 10.6 Å². The van der Waals surface area contributed by atoms with Gasteiger partial charge in [0.05, 0.1) is 17.2 Å². The number of halogens is 3. The Hall–Kier alpha value is -2.92. The number of carbonyl (C=O) groups excluding carboxylic acids is 1. The van der Waals surface area contributed by atoms with Crippen molar-refractivity contribution in [1.29, 1.82) is 5.26 Å². The van der Waals surface area contributed by atoms with Crippen LogP contribution in [-0.2, 0) is 6.18 Å². The molecular weight excluding hydrogens is 339 g/mol. The van der Waals surface area contributed by atoms with Gasteiger partial charge >= 0.3 is 6.18 Å². The van der Waals surface area contributed by atoms with E-state index in [-0.39, 0.29) is 10.8 Å². The van der Waals surface area contributed by atoms with Crippen LogP contribution in [0.5, 0.6) is 0 Å². The lowest BCUT2D eigenvalue weighted by Gasteiger charge is -2.13. The van der Waals surface area contributed by atoms with Gasteiger partial charge in [-0.15, -0.1) is 0 Å². The fourth-order valence-corrected chi connectivity index (χ4v) is 2.09. The molecule has 2 rings (SSSR count). The van der Waals surface area contributed by atoms with E-state index in [0.717, 1.165) is 12.1 Å². The third-order valence-corrected chi connectivity index (χ3v) is 3.17. The maximum absolute atomic E-state index is 12.9. The third-order valence-electron chi connectivity index (χ3n) is 2.97. The van der Waals surface area contributed by atoms with Crippen LogP contribution in [-0.4, -0.2) is 11.0 Å². The van der Waals surface area contributed by atoms with Crippen molar-refractivity contribution in [2.75, 3.05) is 5.32 Å². The first-order valence-corrected chi connectivity index (χ1v) is 7.01. The largest absolute Gasteiger partial charge is 0.417 e. The van der Waals surface area contributed by atoms with E-state index in [2.05, 4.69) is 10.6 Å². The van der Waals surface area contributed by atoms with Crippen LogP contribution in [0.15, 0.2) is 48.5 Å². The minimum Gasteiger partial charge on any atom is -0.332 e. The van der Waals surface area contributed by atoms with E-state index in [4.69, 9.17) is 17.5 Å². The molecule has 0 aliphatic carbocycles. The minimum absolute atomic E-state index is 0.0136. The molecule has 0 saturated heterocycles. The van der Waals surface area contributed by atoms with Crippen LogP contribution in [0.25, 0.3) is 0 Å². The Bertz CT molecular complexity index is 814. The smallest absolute Gasteiger partial charge is 0.332 e. The van der Waals surface area contributed by atoms with Crippen molar-refractivity contribution in [3.05, 3.63) is 65.2 Å². The van der Waals surface area contributed by atoms with Gasteiger partial charge < -0.3 is 5.32 Å². The predicted octanol–water partition coefficient (Wildman–Crippen LogP) is 3.70. The summed E-state index contributed by atoms with van der Waals surface area (Å²) >= 11 is 4.92. The molecule has 0 fully saturated rings. The lowest BCUT2D eigenvalue weighted by atomic mass is 10.1. The van der Waals surface area contributed by atoms with Crippen molar-refractivity contribution >= 4 is 28.9 Å². The Balaban J connectivity index is 2.12. The lowest BCUT2D eigenvalue weighted by molar-refractivity contribution is -0.137. The highest BCUT2D eigenvalue weighted by Crippen LogP contribution is 2.33. The van der Waals surface area contributed by atoms with Gasteiger partial charge in [-0.05, 0) is 42.5 Å². The number of hydrogen-bond donors (Lipinski definition) is 2. The van der Waals surface area contributed by atoms with E-state index in [1.54, 1.807) is 30.3 Å². The summed E-state index contributed by atoms with van der Waals surface area (Å²) in [5, 5.41) is 13.5. The Morgan fingerprint density at radius 2 is 1.79 bits per heavy atom. The summed E-state index contributed by atoms with van der Waals surface area (Å²) in [7, 11) is 0. The molecule has 0 bridgehead atoms. The van der Waals surface area contributed by atoms with E-state index < -0.39 is 23.2 Å². The number of carbonyl (C=O) groups is 1. The SMILES string of the molecule is N#Cc1ccc(NC(=S)NC(=O)c2ccccc2)cc1C(F)(F)F. The average Bonchev–Trinajstić information content (AvgIpc) is 2.54. The molecule has 0 radical (unpaired) electrons. The maximum Gasteiger partial charge on any atom is 0.417 e. The molecule has 0 saturated carbocycles. The third kappa shape index (κ3) is 4.30. The van der Waals surface area contributed by atoms with E-state index in [1.165, 1.54) is 12.1 Å². The molecule has 0 spiro atoms. The molecule has 0 heterocycles. The number of hydrogen-bond acceptors (Lipinski definition) is 3. The fraction of sp³-hybridized carbons (Fsp3) is 0.0625. The van der Waals surface area contributed by atoms with Gasteiger partial charge in [0.1, 0.15) is 0 Å². The number of thiocarbonyl (C=S) groups is 1. The summed E-state index contributed by atoms with van der Waals surface area (Å²) in [5.74, 6) is -0.488. The average molecular weight is 349 g/mol. The number of amides is 1. The summed E-state index contributed by atoms with van der Waals surface area (Å²) in [4.78, 5) is 11.9. The summed E-state index contributed by atoms with van der Waals surface area (Å²) < 4.78 is 38.7. The molecule has 0 unspecified atom stereocenters. The number of nitrogens with one attached hydrogen (secondary N) is 2. The molecule has 2 aromatic carbocycles. The maximum atomic E-state index is 12.9. The number of anilines is 1. The summed E-state index contributed by atoms with van der Waals surface area (Å²) in [6.07, 6.45) is -4.67. The summed E-state index contributed by atoms with van der Waals surface area (Å²) in [6.45, 7) is 0. The van der Waals surface area contributed by atoms with Gasteiger partial charge in [-0.2, -0.15) is 18.4 Å². The van der Waals surface area contributed by atoms with Gasteiger partial charge in [0, 0.05) is 11.3 Å². The first kappa shape index (κ1) is 17.4. The van der Waals surface area contributed by atoms with Crippen LogP contribution in [0.2, 0.25) is 0 Å². The molecule has 0 aliphatic rings. The molecule has 122 valence electrons. The Labute approximate surface area is 140 Å². The van der Waals surface area contributed by atoms with Crippen LogP contribution in [0.4, 0.5) is 18.9 Å². The minimum atomic E-state index is -4.67. The zero-order chi connectivity index (χ0) is 17.7. The highest BCUT2D eigenvalue weighted by atomic mass is 32.1. The van der Waals surface area contributed by atoms with E-state index >= 15 is 0 Å². The molecule has 2 N–H and O–H groups in total. The zero-order valence-electron chi connectivity index (χ0n) is 12.0.